The lowest BCUT2D eigenvalue weighted by atomic mass is 9.94. The SMILES string of the molecule is Cc1nc(Br)ccc1NS(=O)(=O)N1CC(C)CC(C)C1. The van der Waals surface area contributed by atoms with Crippen LogP contribution in [0.5, 0.6) is 0 Å². The van der Waals surface area contributed by atoms with Crippen molar-refractivity contribution in [1.29, 1.82) is 0 Å². The molecule has 20 heavy (non-hydrogen) atoms. The molecule has 112 valence electrons. The molecule has 1 aliphatic rings. The predicted molar refractivity (Wildman–Crippen MR) is 83.7 cm³/mol. The summed E-state index contributed by atoms with van der Waals surface area (Å²) in [7, 11) is -3.51. The quantitative estimate of drug-likeness (QED) is 0.841. The lowest BCUT2D eigenvalue weighted by Gasteiger charge is -2.34. The van der Waals surface area contributed by atoms with Crippen molar-refractivity contribution in [2.45, 2.75) is 27.2 Å². The van der Waals surface area contributed by atoms with Gasteiger partial charge >= 0.3 is 10.2 Å². The minimum atomic E-state index is -3.51. The minimum Gasteiger partial charge on any atom is -0.269 e. The van der Waals surface area contributed by atoms with Crippen LogP contribution in [0.4, 0.5) is 5.69 Å². The maximum absolute atomic E-state index is 12.5. The summed E-state index contributed by atoms with van der Waals surface area (Å²) in [5.74, 6) is 0.777. The first-order chi connectivity index (χ1) is 9.28. The Labute approximate surface area is 129 Å². The molecule has 0 amide bonds. The Bertz CT molecular complexity index is 581. The number of aromatic nitrogens is 1. The van der Waals surface area contributed by atoms with Crippen molar-refractivity contribution in [2.24, 2.45) is 11.8 Å². The molecule has 1 aliphatic heterocycles. The Kier molecular flexibility index (Phi) is 4.71. The van der Waals surface area contributed by atoms with Crippen molar-refractivity contribution in [1.82, 2.24) is 9.29 Å². The van der Waals surface area contributed by atoms with Crippen LogP contribution in [0.15, 0.2) is 16.7 Å². The van der Waals surface area contributed by atoms with Crippen LogP contribution in [0.3, 0.4) is 0 Å². The summed E-state index contributed by atoms with van der Waals surface area (Å²) in [4.78, 5) is 4.20. The highest BCUT2D eigenvalue weighted by atomic mass is 79.9. The number of halogens is 1. The highest BCUT2D eigenvalue weighted by Crippen LogP contribution is 2.25. The summed E-state index contributed by atoms with van der Waals surface area (Å²) in [6.07, 6.45) is 1.07. The van der Waals surface area contributed by atoms with Crippen molar-refractivity contribution in [3.63, 3.8) is 0 Å². The molecule has 1 saturated heterocycles. The fourth-order valence-electron chi connectivity index (χ4n) is 2.64. The van der Waals surface area contributed by atoms with E-state index in [0.717, 1.165) is 6.42 Å². The van der Waals surface area contributed by atoms with E-state index in [-0.39, 0.29) is 0 Å². The fraction of sp³-hybridized carbons (Fsp3) is 0.615. The molecule has 1 aromatic heterocycles. The highest BCUT2D eigenvalue weighted by Gasteiger charge is 2.30. The van der Waals surface area contributed by atoms with Crippen LogP contribution < -0.4 is 4.72 Å². The van der Waals surface area contributed by atoms with Crippen molar-refractivity contribution >= 4 is 31.8 Å². The first-order valence-electron chi connectivity index (χ1n) is 6.69. The molecule has 0 radical (unpaired) electrons. The summed E-state index contributed by atoms with van der Waals surface area (Å²) < 4.78 is 29.8. The van der Waals surface area contributed by atoms with Gasteiger partial charge in [0.05, 0.1) is 11.4 Å². The van der Waals surface area contributed by atoms with Gasteiger partial charge < -0.3 is 0 Å². The average Bonchev–Trinajstić information content (AvgIpc) is 2.31. The first-order valence-corrected chi connectivity index (χ1v) is 8.92. The zero-order valence-electron chi connectivity index (χ0n) is 11.9. The molecule has 0 spiro atoms. The molecule has 7 heteroatoms. The van der Waals surface area contributed by atoms with Gasteiger partial charge in [-0.1, -0.05) is 13.8 Å². The van der Waals surface area contributed by atoms with E-state index in [0.29, 0.717) is 40.9 Å². The summed E-state index contributed by atoms with van der Waals surface area (Å²) in [5, 5.41) is 0. The maximum atomic E-state index is 12.5. The van der Waals surface area contributed by atoms with E-state index < -0.39 is 10.2 Å². The number of nitrogens with zero attached hydrogens (tertiary/aromatic N) is 2. The second-order valence-electron chi connectivity index (χ2n) is 5.64. The second-order valence-corrected chi connectivity index (χ2v) is 8.12. The Hall–Kier alpha value is -0.660. The lowest BCUT2D eigenvalue weighted by Crippen LogP contribution is -2.45. The third kappa shape index (κ3) is 3.71. The van der Waals surface area contributed by atoms with E-state index in [1.54, 1.807) is 19.1 Å². The number of anilines is 1. The second kappa shape index (κ2) is 5.99. The Morgan fingerprint density at radius 2 is 1.90 bits per heavy atom. The minimum absolute atomic E-state index is 0.388. The Morgan fingerprint density at radius 3 is 2.45 bits per heavy atom. The molecule has 0 saturated carbocycles. The van der Waals surface area contributed by atoms with Crippen LogP contribution in [-0.2, 0) is 10.2 Å². The van der Waals surface area contributed by atoms with E-state index in [4.69, 9.17) is 0 Å². The monoisotopic (exact) mass is 361 g/mol. The van der Waals surface area contributed by atoms with Crippen molar-refractivity contribution in [2.75, 3.05) is 17.8 Å². The Balaban J connectivity index is 2.18. The van der Waals surface area contributed by atoms with Crippen LogP contribution in [0.2, 0.25) is 0 Å². The van der Waals surface area contributed by atoms with Gasteiger partial charge in [-0.05, 0) is 53.2 Å². The molecule has 2 heterocycles. The van der Waals surface area contributed by atoms with Crippen LogP contribution in [0, 0.1) is 18.8 Å². The largest absolute Gasteiger partial charge is 0.301 e. The molecule has 2 atom stereocenters. The molecule has 2 unspecified atom stereocenters. The maximum Gasteiger partial charge on any atom is 0.301 e. The smallest absolute Gasteiger partial charge is 0.269 e. The average molecular weight is 362 g/mol. The molecular weight excluding hydrogens is 342 g/mol. The molecule has 1 fully saturated rings. The Morgan fingerprint density at radius 1 is 1.30 bits per heavy atom. The topological polar surface area (TPSA) is 62.3 Å². The van der Waals surface area contributed by atoms with Gasteiger partial charge in [-0.3, -0.25) is 4.72 Å². The zero-order chi connectivity index (χ0) is 14.9. The van der Waals surface area contributed by atoms with E-state index in [9.17, 15) is 8.42 Å². The van der Waals surface area contributed by atoms with Gasteiger partial charge in [0, 0.05) is 13.1 Å². The van der Waals surface area contributed by atoms with E-state index >= 15 is 0 Å². The van der Waals surface area contributed by atoms with Gasteiger partial charge in [-0.2, -0.15) is 12.7 Å². The molecule has 5 nitrogen and oxygen atoms in total. The molecule has 0 aliphatic carbocycles. The molecule has 1 aromatic rings. The van der Waals surface area contributed by atoms with Gasteiger partial charge in [0.1, 0.15) is 4.60 Å². The van der Waals surface area contributed by atoms with Gasteiger partial charge in [-0.25, -0.2) is 4.98 Å². The van der Waals surface area contributed by atoms with Gasteiger partial charge in [0.15, 0.2) is 0 Å². The molecule has 0 aromatic carbocycles. The van der Waals surface area contributed by atoms with Crippen molar-refractivity contribution < 1.29 is 8.42 Å². The van der Waals surface area contributed by atoms with Crippen LogP contribution in [0.1, 0.15) is 26.0 Å². The predicted octanol–water partition coefficient (Wildman–Crippen LogP) is 2.79. The van der Waals surface area contributed by atoms with E-state index in [1.165, 1.54) is 4.31 Å². The van der Waals surface area contributed by atoms with Gasteiger partial charge in [0.25, 0.3) is 0 Å². The number of hydrogen-bond donors (Lipinski definition) is 1. The highest BCUT2D eigenvalue weighted by molar-refractivity contribution is 9.10. The summed E-state index contributed by atoms with van der Waals surface area (Å²) in [6, 6.07) is 3.45. The zero-order valence-corrected chi connectivity index (χ0v) is 14.3. The molecule has 2 rings (SSSR count). The van der Waals surface area contributed by atoms with Crippen LogP contribution in [-0.4, -0.2) is 30.8 Å². The van der Waals surface area contributed by atoms with E-state index in [1.807, 2.05) is 0 Å². The number of hydrogen-bond acceptors (Lipinski definition) is 3. The summed E-state index contributed by atoms with van der Waals surface area (Å²) >= 11 is 3.27. The third-order valence-electron chi connectivity index (χ3n) is 3.47. The fourth-order valence-corrected chi connectivity index (χ4v) is 4.57. The number of nitrogens with one attached hydrogen (secondary N) is 1. The standard InChI is InChI=1S/C13H20BrN3O2S/c1-9-6-10(2)8-17(7-9)20(18,19)16-12-4-5-13(14)15-11(12)3/h4-5,9-10,16H,6-8H2,1-3H3. The number of pyridine rings is 1. The van der Waals surface area contributed by atoms with Crippen LogP contribution >= 0.6 is 15.9 Å². The number of rotatable bonds is 3. The number of aryl methyl sites for hydroxylation is 1. The van der Waals surface area contributed by atoms with Crippen molar-refractivity contribution in [3.8, 4) is 0 Å². The summed E-state index contributed by atoms with van der Waals surface area (Å²) in [5.41, 5.74) is 1.18. The number of piperidine rings is 1. The normalized spacial score (nSPS) is 24.6. The lowest BCUT2D eigenvalue weighted by molar-refractivity contribution is 0.223. The summed E-state index contributed by atoms with van der Waals surface area (Å²) in [6.45, 7) is 7.10. The third-order valence-corrected chi connectivity index (χ3v) is 5.36. The molecular formula is C13H20BrN3O2S. The first kappa shape index (κ1) is 15.7. The molecule has 0 bridgehead atoms. The van der Waals surface area contributed by atoms with Crippen LogP contribution in [0.25, 0.3) is 0 Å². The van der Waals surface area contributed by atoms with Gasteiger partial charge in [-0.15, -0.1) is 0 Å². The van der Waals surface area contributed by atoms with Gasteiger partial charge in [0.2, 0.25) is 0 Å². The molecule has 1 N–H and O–H groups in total. The van der Waals surface area contributed by atoms with Crippen molar-refractivity contribution in [3.05, 3.63) is 22.4 Å². The van der Waals surface area contributed by atoms with E-state index in [2.05, 4.69) is 39.5 Å².